The summed E-state index contributed by atoms with van der Waals surface area (Å²) in [5, 5.41) is 0. The molecule has 78 valence electrons. The molecule has 1 aromatic carbocycles. The minimum absolute atomic E-state index is 0.344. The summed E-state index contributed by atoms with van der Waals surface area (Å²) in [7, 11) is 0. The highest BCUT2D eigenvalue weighted by Gasteiger charge is 2.17. The van der Waals surface area contributed by atoms with E-state index in [0.29, 0.717) is 28.6 Å². The second-order valence-electron chi connectivity index (χ2n) is 3.17. The van der Waals surface area contributed by atoms with Gasteiger partial charge in [-0.25, -0.2) is 9.18 Å². The summed E-state index contributed by atoms with van der Waals surface area (Å²) in [4.78, 5) is 11.4. The van der Waals surface area contributed by atoms with Crippen molar-refractivity contribution < 1.29 is 13.9 Å². The lowest BCUT2D eigenvalue weighted by molar-refractivity contribution is -0.137. The Bertz CT molecular complexity index is 440. The van der Waals surface area contributed by atoms with E-state index in [1.807, 2.05) is 6.08 Å². The monoisotopic (exact) mass is 270 g/mol. The lowest BCUT2D eigenvalue weighted by Gasteiger charge is -2.13. The van der Waals surface area contributed by atoms with E-state index in [1.165, 1.54) is 6.07 Å². The molecule has 0 saturated carbocycles. The van der Waals surface area contributed by atoms with Gasteiger partial charge in [-0.05, 0) is 33.6 Å². The fourth-order valence-corrected chi connectivity index (χ4v) is 1.79. The molecule has 2 nitrogen and oxygen atoms in total. The molecule has 0 saturated heterocycles. The molecule has 0 amide bonds. The van der Waals surface area contributed by atoms with Gasteiger partial charge in [-0.3, -0.25) is 0 Å². The van der Waals surface area contributed by atoms with Crippen molar-refractivity contribution in [1.82, 2.24) is 0 Å². The van der Waals surface area contributed by atoms with E-state index in [-0.39, 0.29) is 11.8 Å². The third kappa shape index (κ3) is 2.09. The number of carbonyl (C=O) groups is 1. The van der Waals surface area contributed by atoms with Gasteiger partial charge in [0.25, 0.3) is 0 Å². The van der Waals surface area contributed by atoms with Crippen LogP contribution in [-0.2, 0) is 9.53 Å². The van der Waals surface area contributed by atoms with Gasteiger partial charge in [0.15, 0.2) is 0 Å². The van der Waals surface area contributed by atoms with Gasteiger partial charge in [-0.15, -0.1) is 0 Å². The Morgan fingerprint density at radius 1 is 1.40 bits per heavy atom. The summed E-state index contributed by atoms with van der Waals surface area (Å²) in [6.45, 7) is 0.421. The van der Waals surface area contributed by atoms with E-state index < -0.39 is 0 Å². The zero-order chi connectivity index (χ0) is 10.8. The number of halogens is 2. The van der Waals surface area contributed by atoms with E-state index in [1.54, 1.807) is 12.1 Å². The molecule has 0 aromatic heterocycles. The SMILES string of the molecule is O=C1OCCC=C1c1ccc(F)c(Br)c1. The normalized spacial score (nSPS) is 15.9. The number of cyclic esters (lactones) is 1. The maximum Gasteiger partial charge on any atom is 0.338 e. The number of esters is 1. The molecule has 2 rings (SSSR count). The molecule has 0 unspecified atom stereocenters. The van der Waals surface area contributed by atoms with Crippen LogP contribution in [0.15, 0.2) is 28.7 Å². The number of benzene rings is 1. The Morgan fingerprint density at radius 2 is 2.20 bits per heavy atom. The van der Waals surface area contributed by atoms with Gasteiger partial charge in [0.1, 0.15) is 5.82 Å². The van der Waals surface area contributed by atoms with Crippen LogP contribution in [0.25, 0.3) is 5.57 Å². The third-order valence-electron chi connectivity index (χ3n) is 2.15. The summed E-state index contributed by atoms with van der Waals surface area (Å²) in [5.41, 5.74) is 1.18. The van der Waals surface area contributed by atoms with E-state index in [2.05, 4.69) is 15.9 Å². The van der Waals surface area contributed by atoms with Crippen LogP contribution in [0.4, 0.5) is 4.39 Å². The minimum Gasteiger partial charge on any atom is -0.462 e. The zero-order valence-corrected chi connectivity index (χ0v) is 9.38. The van der Waals surface area contributed by atoms with E-state index in [0.717, 1.165) is 0 Å². The van der Waals surface area contributed by atoms with Crippen LogP contribution in [0, 0.1) is 5.82 Å². The van der Waals surface area contributed by atoms with Gasteiger partial charge < -0.3 is 4.74 Å². The summed E-state index contributed by atoms with van der Waals surface area (Å²) >= 11 is 3.08. The molecule has 0 atom stereocenters. The maximum atomic E-state index is 13.0. The molecular formula is C11H8BrFO2. The molecule has 1 heterocycles. The number of rotatable bonds is 1. The Morgan fingerprint density at radius 3 is 2.87 bits per heavy atom. The average Bonchev–Trinajstić information content (AvgIpc) is 2.23. The van der Waals surface area contributed by atoms with Gasteiger partial charge in [0.2, 0.25) is 0 Å². The predicted molar refractivity (Wildman–Crippen MR) is 57.7 cm³/mol. The van der Waals surface area contributed by atoms with Crippen LogP contribution in [0.3, 0.4) is 0 Å². The van der Waals surface area contributed by atoms with E-state index in [4.69, 9.17) is 4.74 Å². The van der Waals surface area contributed by atoms with Crippen molar-refractivity contribution in [1.29, 1.82) is 0 Å². The molecule has 1 aliphatic heterocycles. The number of hydrogen-bond donors (Lipinski definition) is 0. The van der Waals surface area contributed by atoms with E-state index >= 15 is 0 Å². The summed E-state index contributed by atoms with van der Waals surface area (Å²) in [5.74, 6) is -0.691. The Hall–Kier alpha value is -1.16. The zero-order valence-electron chi connectivity index (χ0n) is 7.80. The second kappa shape index (κ2) is 4.14. The molecule has 1 aliphatic rings. The van der Waals surface area contributed by atoms with Crippen molar-refractivity contribution >= 4 is 27.5 Å². The Kier molecular flexibility index (Phi) is 2.86. The largest absolute Gasteiger partial charge is 0.462 e. The highest BCUT2D eigenvalue weighted by Crippen LogP contribution is 2.25. The van der Waals surface area contributed by atoms with Crippen LogP contribution >= 0.6 is 15.9 Å². The van der Waals surface area contributed by atoms with Crippen LogP contribution in [0.5, 0.6) is 0 Å². The maximum absolute atomic E-state index is 13.0. The summed E-state index contributed by atoms with van der Waals surface area (Å²) < 4.78 is 18.2. The van der Waals surface area contributed by atoms with Gasteiger partial charge >= 0.3 is 5.97 Å². The minimum atomic E-state index is -0.347. The number of hydrogen-bond acceptors (Lipinski definition) is 2. The van der Waals surface area contributed by atoms with Crippen LogP contribution in [0.1, 0.15) is 12.0 Å². The molecule has 15 heavy (non-hydrogen) atoms. The molecule has 0 aliphatic carbocycles. The van der Waals surface area contributed by atoms with Crippen molar-refractivity contribution in [2.45, 2.75) is 6.42 Å². The van der Waals surface area contributed by atoms with Crippen molar-refractivity contribution in [3.05, 3.63) is 40.1 Å². The third-order valence-corrected chi connectivity index (χ3v) is 2.76. The second-order valence-corrected chi connectivity index (χ2v) is 4.03. The van der Waals surface area contributed by atoms with Gasteiger partial charge in [0.05, 0.1) is 16.7 Å². The summed E-state index contributed by atoms with van der Waals surface area (Å²) in [6.07, 6.45) is 2.52. The lowest BCUT2D eigenvalue weighted by Crippen LogP contribution is -2.12. The smallest absolute Gasteiger partial charge is 0.338 e. The predicted octanol–water partition coefficient (Wildman–Crippen LogP) is 2.92. The van der Waals surface area contributed by atoms with Crippen LogP contribution < -0.4 is 0 Å². The van der Waals surface area contributed by atoms with Crippen molar-refractivity contribution in [3.8, 4) is 0 Å². The number of carbonyl (C=O) groups excluding carboxylic acids is 1. The van der Waals surface area contributed by atoms with Crippen molar-refractivity contribution in [2.24, 2.45) is 0 Å². The Labute approximate surface area is 94.9 Å². The van der Waals surface area contributed by atoms with Crippen LogP contribution in [-0.4, -0.2) is 12.6 Å². The average molecular weight is 271 g/mol. The molecule has 1 aromatic rings. The van der Waals surface area contributed by atoms with Gasteiger partial charge in [-0.2, -0.15) is 0 Å². The first-order chi connectivity index (χ1) is 7.18. The fraction of sp³-hybridized carbons (Fsp3) is 0.182. The molecule has 4 heteroatoms. The molecular weight excluding hydrogens is 263 g/mol. The van der Waals surface area contributed by atoms with Crippen molar-refractivity contribution in [2.75, 3.05) is 6.61 Å². The highest BCUT2D eigenvalue weighted by atomic mass is 79.9. The number of ether oxygens (including phenoxy) is 1. The van der Waals surface area contributed by atoms with Crippen molar-refractivity contribution in [3.63, 3.8) is 0 Å². The Balaban J connectivity index is 2.41. The molecule has 0 N–H and O–H groups in total. The molecule has 0 radical (unpaired) electrons. The molecule has 0 fully saturated rings. The standard InChI is InChI=1S/C11H8BrFO2/c12-9-6-7(3-4-10(9)13)8-2-1-5-15-11(8)14/h2-4,6H,1,5H2. The van der Waals surface area contributed by atoms with Crippen LogP contribution in [0.2, 0.25) is 0 Å². The molecule has 0 bridgehead atoms. The van der Waals surface area contributed by atoms with Gasteiger partial charge in [-0.1, -0.05) is 12.1 Å². The van der Waals surface area contributed by atoms with Gasteiger partial charge in [0, 0.05) is 6.42 Å². The fourth-order valence-electron chi connectivity index (χ4n) is 1.42. The van der Waals surface area contributed by atoms with E-state index in [9.17, 15) is 9.18 Å². The first-order valence-electron chi connectivity index (χ1n) is 4.51. The summed E-state index contributed by atoms with van der Waals surface area (Å²) in [6, 6.07) is 4.47. The highest BCUT2D eigenvalue weighted by molar-refractivity contribution is 9.10. The first-order valence-corrected chi connectivity index (χ1v) is 5.30. The lowest BCUT2D eigenvalue weighted by atomic mass is 10.0. The first kappa shape index (κ1) is 10.4. The topological polar surface area (TPSA) is 26.3 Å². The molecule has 0 spiro atoms. The quantitative estimate of drug-likeness (QED) is 0.734.